The summed E-state index contributed by atoms with van der Waals surface area (Å²) in [5.41, 5.74) is 0.0951. The van der Waals surface area contributed by atoms with Crippen LogP contribution in [-0.4, -0.2) is 48.5 Å². The van der Waals surface area contributed by atoms with Crippen molar-refractivity contribution in [3.63, 3.8) is 0 Å². The highest BCUT2D eigenvalue weighted by molar-refractivity contribution is 6.07. The topological polar surface area (TPSA) is 55.8 Å². The highest BCUT2D eigenvalue weighted by atomic mass is 16.6. The summed E-state index contributed by atoms with van der Waals surface area (Å²) in [5.74, 6) is -0.878. The van der Waals surface area contributed by atoms with E-state index >= 15 is 0 Å². The quantitative estimate of drug-likeness (QED) is 0.368. The number of Topliss-reactive ketones (excluding diaryl/α,β-unsaturated/α-hetero) is 1. The van der Waals surface area contributed by atoms with E-state index < -0.39 is 11.6 Å². The van der Waals surface area contributed by atoms with E-state index in [2.05, 4.69) is 18.7 Å². The van der Waals surface area contributed by atoms with Crippen LogP contribution in [0.2, 0.25) is 0 Å². The molecule has 0 amide bonds. The van der Waals surface area contributed by atoms with Crippen LogP contribution in [0.25, 0.3) is 0 Å². The van der Waals surface area contributed by atoms with Gasteiger partial charge in [0.1, 0.15) is 6.61 Å². The van der Waals surface area contributed by atoms with E-state index in [1.807, 2.05) is 60.7 Å². The maximum absolute atomic E-state index is 13.3. The molecule has 0 radical (unpaired) electrons. The summed E-state index contributed by atoms with van der Waals surface area (Å²) in [6.45, 7) is 8.63. The fourth-order valence-corrected chi connectivity index (χ4v) is 3.35. The number of carbonyl (C=O) groups excluding carboxylic acids is 2. The van der Waals surface area contributed by atoms with Crippen LogP contribution in [-0.2, 0) is 32.1 Å². The molecule has 2 rings (SSSR count). The number of rotatable bonds is 13. The molecule has 0 saturated carbocycles. The summed E-state index contributed by atoms with van der Waals surface area (Å²) in [6, 6.07) is 19.0. The van der Waals surface area contributed by atoms with Gasteiger partial charge in [0.15, 0.2) is 5.78 Å². The zero-order valence-electron chi connectivity index (χ0n) is 18.3. The lowest BCUT2D eigenvalue weighted by atomic mass is 9.88. The Hall–Kier alpha value is -2.50. The van der Waals surface area contributed by atoms with E-state index in [4.69, 9.17) is 9.47 Å². The van der Waals surface area contributed by atoms with Crippen molar-refractivity contribution in [3.8, 4) is 0 Å². The van der Waals surface area contributed by atoms with Gasteiger partial charge >= 0.3 is 5.97 Å². The van der Waals surface area contributed by atoms with Crippen molar-refractivity contribution in [3.05, 3.63) is 71.8 Å². The molecule has 0 saturated heterocycles. The molecule has 0 aromatic heterocycles. The first-order chi connectivity index (χ1) is 14.6. The van der Waals surface area contributed by atoms with Crippen LogP contribution in [0.1, 0.15) is 38.3 Å². The first kappa shape index (κ1) is 23.8. The largest absolute Gasteiger partial charge is 0.462 e. The van der Waals surface area contributed by atoms with Crippen molar-refractivity contribution in [2.45, 2.75) is 45.8 Å². The molecule has 0 aliphatic rings. The Kier molecular flexibility index (Phi) is 9.71. The minimum absolute atomic E-state index is 0.150. The molecule has 5 heteroatoms. The maximum Gasteiger partial charge on any atom is 0.346 e. The molecule has 1 atom stereocenters. The Morgan fingerprint density at radius 2 is 1.43 bits per heavy atom. The van der Waals surface area contributed by atoms with Crippen molar-refractivity contribution < 1.29 is 19.1 Å². The van der Waals surface area contributed by atoms with Gasteiger partial charge in [-0.1, -0.05) is 81.4 Å². The molecule has 0 N–H and O–H groups in total. The molecule has 0 fully saturated rings. The van der Waals surface area contributed by atoms with Gasteiger partial charge in [-0.3, -0.25) is 4.79 Å². The van der Waals surface area contributed by atoms with E-state index in [9.17, 15) is 9.59 Å². The lowest BCUT2D eigenvalue weighted by Gasteiger charge is -2.31. The van der Waals surface area contributed by atoms with Crippen LogP contribution in [0.4, 0.5) is 0 Å². The number of esters is 1. The highest BCUT2D eigenvalue weighted by Crippen LogP contribution is 2.25. The Labute approximate surface area is 180 Å². The van der Waals surface area contributed by atoms with Gasteiger partial charge in [0.25, 0.3) is 0 Å². The molecule has 2 aromatic rings. The fraction of sp³-hybridized carbons (Fsp3) is 0.440. The Bertz CT molecular complexity index is 774. The van der Waals surface area contributed by atoms with Gasteiger partial charge < -0.3 is 14.4 Å². The second kappa shape index (κ2) is 12.3. The minimum atomic E-state index is -1.66. The van der Waals surface area contributed by atoms with E-state index in [1.165, 1.54) is 0 Å². The third-order valence-corrected chi connectivity index (χ3v) is 5.26. The van der Waals surface area contributed by atoms with Gasteiger partial charge in [-0.15, -0.1) is 0 Å². The van der Waals surface area contributed by atoms with Crippen LogP contribution in [0.3, 0.4) is 0 Å². The molecular weight excluding hydrogens is 378 g/mol. The average molecular weight is 412 g/mol. The van der Waals surface area contributed by atoms with Gasteiger partial charge in [-0.25, -0.2) is 4.79 Å². The van der Waals surface area contributed by atoms with Gasteiger partial charge in [0.2, 0.25) is 5.60 Å². The number of benzene rings is 2. The summed E-state index contributed by atoms with van der Waals surface area (Å²) < 4.78 is 11.7. The number of carbonyl (C=O) groups is 2. The van der Waals surface area contributed by atoms with E-state index in [0.29, 0.717) is 6.54 Å². The number of nitrogens with zero attached hydrogens (tertiary/aromatic N) is 1. The summed E-state index contributed by atoms with van der Waals surface area (Å²) in [6.07, 6.45) is 0.338. The molecule has 0 heterocycles. The lowest BCUT2D eigenvalue weighted by molar-refractivity contribution is -0.179. The third-order valence-electron chi connectivity index (χ3n) is 5.26. The summed E-state index contributed by atoms with van der Waals surface area (Å²) in [5, 5.41) is 0. The Balaban J connectivity index is 2.26. The van der Waals surface area contributed by atoms with Crippen molar-refractivity contribution in [2.24, 2.45) is 0 Å². The molecule has 2 aromatic carbocycles. The zero-order chi connectivity index (χ0) is 21.8. The second-order valence-electron chi connectivity index (χ2n) is 7.20. The van der Waals surface area contributed by atoms with E-state index in [-0.39, 0.29) is 31.8 Å². The summed E-state index contributed by atoms with van der Waals surface area (Å²) in [4.78, 5) is 28.5. The Morgan fingerprint density at radius 1 is 0.867 bits per heavy atom. The summed E-state index contributed by atoms with van der Waals surface area (Å²) in [7, 11) is 0. The van der Waals surface area contributed by atoms with Gasteiger partial charge in [0.05, 0.1) is 6.61 Å². The van der Waals surface area contributed by atoms with Crippen molar-refractivity contribution in [1.82, 2.24) is 4.90 Å². The molecule has 0 spiro atoms. The molecule has 162 valence electrons. The minimum Gasteiger partial charge on any atom is -0.462 e. The molecule has 0 aliphatic heterocycles. The standard InChI is InChI=1S/C25H33NO4/c1-4-23(27)25(19-21-13-9-7-10-14-21,30-20-22-15-11-8-12-16-22)24(28)29-18-17-26(5-2)6-3/h7-16H,4-6,17-20H2,1-3H3. The van der Waals surface area contributed by atoms with Crippen LogP contribution in [0.5, 0.6) is 0 Å². The first-order valence-electron chi connectivity index (χ1n) is 10.7. The van der Waals surface area contributed by atoms with Crippen molar-refractivity contribution >= 4 is 11.8 Å². The van der Waals surface area contributed by atoms with E-state index in [0.717, 1.165) is 24.2 Å². The van der Waals surface area contributed by atoms with Crippen molar-refractivity contribution in [1.29, 1.82) is 0 Å². The average Bonchev–Trinajstić information content (AvgIpc) is 2.80. The van der Waals surface area contributed by atoms with Gasteiger partial charge in [0, 0.05) is 19.4 Å². The summed E-state index contributed by atoms with van der Waals surface area (Å²) >= 11 is 0. The third kappa shape index (κ3) is 6.51. The molecule has 30 heavy (non-hydrogen) atoms. The van der Waals surface area contributed by atoms with Gasteiger partial charge in [-0.2, -0.15) is 0 Å². The maximum atomic E-state index is 13.3. The Morgan fingerprint density at radius 3 is 1.97 bits per heavy atom. The van der Waals surface area contributed by atoms with E-state index in [1.54, 1.807) is 6.92 Å². The normalized spacial score (nSPS) is 13.1. The molecule has 0 bridgehead atoms. The predicted molar refractivity (Wildman–Crippen MR) is 118 cm³/mol. The SMILES string of the molecule is CCC(=O)C(Cc1ccccc1)(OCc1ccccc1)C(=O)OCCN(CC)CC. The number of hydrogen-bond donors (Lipinski definition) is 0. The van der Waals surface area contributed by atoms with Crippen molar-refractivity contribution in [2.75, 3.05) is 26.2 Å². The molecule has 1 unspecified atom stereocenters. The molecule has 5 nitrogen and oxygen atoms in total. The number of ether oxygens (including phenoxy) is 2. The number of ketones is 1. The predicted octanol–water partition coefficient (Wildman–Crippen LogP) is 4.05. The molecular formula is C25H33NO4. The lowest BCUT2D eigenvalue weighted by Crippen LogP contribution is -2.52. The van der Waals surface area contributed by atoms with Gasteiger partial charge in [-0.05, 0) is 24.2 Å². The number of hydrogen-bond acceptors (Lipinski definition) is 5. The zero-order valence-corrected chi connectivity index (χ0v) is 18.3. The second-order valence-corrected chi connectivity index (χ2v) is 7.20. The highest BCUT2D eigenvalue weighted by Gasteiger charge is 2.47. The van der Waals surface area contributed by atoms with Crippen LogP contribution < -0.4 is 0 Å². The van der Waals surface area contributed by atoms with Crippen LogP contribution >= 0.6 is 0 Å². The molecule has 0 aliphatic carbocycles. The fourth-order valence-electron chi connectivity index (χ4n) is 3.35. The first-order valence-corrected chi connectivity index (χ1v) is 10.7. The number of likely N-dealkylation sites (N-methyl/N-ethyl adjacent to an activating group) is 1. The monoisotopic (exact) mass is 411 g/mol. The van der Waals surface area contributed by atoms with Crippen LogP contribution in [0, 0.1) is 0 Å². The smallest absolute Gasteiger partial charge is 0.346 e. The van der Waals surface area contributed by atoms with Crippen LogP contribution in [0.15, 0.2) is 60.7 Å².